The summed E-state index contributed by atoms with van der Waals surface area (Å²) >= 11 is 0. The number of carbonyl (C=O) groups excluding carboxylic acids is 1. The number of rotatable bonds is 5. The van der Waals surface area contributed by atoms with Gasteiger partial charge in [0.05, 0.1) is 24.1 Å². The number of benzene rings is 1. The highest BCUT2D eigenvalue weighted by Gasteiger charge is 2.31. The Hall–Kier alpha value is -1.95. The van der Waals surface area contributed by atoms with Gasteiger partial charge in [-0.2, -0.15) is 0 Å². The molecule has 6 nitrogen and oxygen atoms in total. The van der Waals surface area contributed by atoms with Crippen LogP contribution in [0.3, 0.4) is 0 Å². The van der Waals surface area contributed by atoms with Crippen molar-refractivity contribution in [3.63, 3.8) is 0 Å². The zero-order chi connectivity index (χ0) is 15.6. The summed E-state index contributed by atoms with van der Waals surface area (Å²) in [6.07, 6.45) is 1.07. The van der Waals surface area contributed by atoms with E-state index in [2.05, 4.69) is 0 Å². The van der Waals surface area contributed by atoms with Crippen molar-refractivity contribution < 1.29 is 14.5 Å². The number of carbonyl (C=O) groups is 1. The number of fused-ring (bicyclic) bond motifs is 1. The van der Waals surface area contributed by atoms with Crippen LogP contribution >= 0.6 is 0 Å². The molecule has 114 valence electrons. The zero-order valence-electron chi connectivity index (χ0n) is 12.5. The topological polar surface area (TPSA) is 72.7 Å². The largest absolute Gasteiger partial charge is 0.378 e. The molecule has 0 unspecified atom stereocenters. The first-order valence-corrected chi connectivity index (χ1v) is 7.11. The summed E-state index contributed by atoms with van der Waals surface area (Å²) in [6, 6.07) is 4.69. The highest BCUT2D eigenvalue weighted by molar-refractivity contribution is 5.96. The third kappa shape index (κ3) is 3.39. The third-order valence-corrected chi connectivity index (χ3v) is 3.53. The SMILES string of the molecule is CC(C)OCCC(=O)N1c2ccc([N+](=O)[O-])cc2C[C@@H]1C. The normalized spacial score (nSPS) is 17.1. The van der Waals surface area contributed by atoms with Crippen LogP contribution in [0.25, 0.3) is 0 Å². The molecule has 2 rings (SSSR count). The van der Waals surface area contributed by atoms with Gasteiger partial charge in [-0.3, -0.25) is 14.9 Å². The molecule has 0 saturated carbocycles. The maximum Gasteiger partial charge on any atom is 0.269 e. The van der Waals surface area contributed by atoms with E-state index in [-0.39, 0.29) is 23.7 Å². The zero-order valence-corrected chi connectivity index (χ0v) is 12.5. The van der Waals surface area contributed by atoms with Gasteiger partial charge >= 0.3 is 0 Å². The quantitative estimate of drug-likeness (QED) is 0.618. The van der Waals surface area contributed by atoms with Crippen molar-refractivity contribution in [3.05, 3.63) is 33.9 Å². The van der Waals surface area contributed by atoms with Gasteiger partial charge in [-0.25, -0.2) is 0 Å². The van der Waals surface area contributed by atoms with Crippen LogP contribution in [-0.4, -0.2) is 29.6 Å². The van der Waals surface area contributed by atoms with E-state index in [1.807, 2.05) is 20.8 Å². The van der Waals surface area contributed by atoms with Crippen molar-refractivity contribution in [2.75, 3.05) is 11.5 Å². The maximum absolute atomic E-state index is 12.3. The fourth-order valence-corrected chi connectivity index (χ4v) is 2.61. The van der Waals surface area contributed by atoms with Crippen LogP contribution in [0, 0.1) is 10.1 Å². The summed E-state index contributed by atoms with van der Waals surface area (Å²) in [5.74, 6) is -0.00393. The second-order valence-electron chi connectivity index (χ2n) is 5.56. The third-order valence-electron chi connectivity index (χ3n) is 3.53. The van der Waals surface area contributed by atoms with Crippen LogP contribution in [0.1, 0.15) is 32.8 Å². The van der Waals surface area contributed by atoms with Crippen LogP contribution in [0.2, 0.25) is 0 Å². The lowest BCUT2D eigenvalue weighted by molar-refractivity contribution is -0.384. The lowest BCUT2D eigenvalue weighted by Crippen LogP contribution is -2.36. The molecule has 1 atom stereocenters. The second kappa shape index (κ2) is 6.22. The number of hydrogen-bond donors (Lipinski definition) is 0. The van der Waals surface area contributed by atoms with Gasteiger partial charge in [0, 0.05) is 23.9 Å². The van der Waals surface area contributed by atoms with Crippen LogP contribution in [-0.2, 0) is 16.0 Å². The smallest absolute Gasteiger partial charge is 0.269 e. The number of amides is 1. The second-order valence-corrected chi connectivity index (χ2v) is 5.56. The van der Waals surface area contributed by atoms with Crippen molar-refractivity contribution in [2.24, 2.45) is 0 Å². The molecule has 0 N–H and O–H groups in total. The first kappa shape index (κ1) is 15.4. The number of anilines is 1. The summed E-state index contributed by atoms with van der Waals surface area (Å²) < 4.78 is 5.41. The number of hydrogen-bond acceptors (Lipinski definition) is 4. The molecule has 0 saturated heterocycles. The highest BCUT2D eigenvalue weighted by Crippen LogP contribution is 2.35. The minimum Gasteiger partial charge on any atom is -0.378 e. The molecule has 0 spiro atoms. The minimum atomic E-state index is -0.411. The molecule has 6 heteroatoms. The first-order valence-electron chi connectivity index (χ1n) is 7.11. The van der Waals surface area contributed by atoms with Gasteiger partial charge < -0.3 is 9.64 Å². The Morgan fingerprint density at radius 3 is 2.86 bits per heavy atom. The molecule has 1 aromatic rings. The maximum atomic E-state index is 12.3. The van der Waals surface area contributed by atoms with E-state index in [9.17, 15) is 14.9 Å². The minimum absolute atomic E-state index is 0.00393. The lowest BCUT2D eigenvalue weighted by Gasteiger charge is -2.23. The van der Waals surface area contributed by atoms with E-state index in [4.69, 9.17) is 4.74 Å². The van der Waals surface area contributed by atoms with Gasteiger partial charge in [0.15, 0.2) is 0 Å². The fraction of sp³-hybridized carbons (Fsp3) is 0.533. The summed E-state index contributed by atoms with van der Waals surface area (Å²) in [6.45, 7) is 6.20. The van der Waals surface area contributed by atoms with Gasteiger partial charge in [0.2, 0.25) is 5.91 Å². The van der Waals surface area contributed by atoms with E-state index >= 15 is 0 Å². The monoisotopic (exact) mass is 292 g/mol. The average molecular weight is 292 g/mol. The molecule has 21 heavy (non-hydrogen) atoms. The number of ether oxygens (including phenoxy) is 1. The molecule has 0 aliphatic carbocycles. The van der Waals surface area contributed by atoms with Gasteiger partial charge in [0.1, 0.15) is 0 Å². The highest BCUT2D eigenvalue weighted by atomic mass is 16.6. The van der Waals surface area contributed by atoms with Crippen LogP contribution in [0.4, 0.5) is 11.4 Å². The fourth-order valence-electron chi connectivity index (χ4n) is 2.61. The molecule has 0 radical (unpaired) electrons. The number of nitro benzene ring substituents is 1. The molecule has 1 aliphatic rings. The Balaban J connectivity index is 2.12. The Bertz CT molecular complexity index is 557. The molecular weight excluding hydrogens is 272 g/mol. The standard InChI is InChI=1S/C15H20N2O4/c1-10(2)21-7-6-15(18)16-11(3)8-12-9-13(17(19)20)4-5-14(12)16/h4-5,9-11H,6-8H2,1-3H3/t11-/m0/s1. The van der Waals surface area contributed by atoms with Crippen LogP contribution in [0.15, 0.2) is 18.2 Å². The van der Waals surface area contributed by atoms with Gasteiger partial charge in [0.25, 0.3) is 5.69 Å². The Kier molecular flexibility index (Phi) is 4.57. The van der Waals surface area contributed by atoms with Crippen molar-refractivity contribution in [1.29, 1.82) is 0 Å². The van der Waals surface area contributed by atoms with Gasteiger partial charge in [-0.1, -0.05) is 0 Å². The van der Waals surface area contributed by atoms with E-state index in [1.165, 1.54) is 6.07 Å². The van der Waals surface area contributed by atoms with Gasteiger partial charge in [-0.05, 0) is 38.8 Å². The number of nitrogens with zero attached hydrogens (tertiary/aromatic N) is 2. The summed E-state index contributed by atoms with van der Waals surface area (Å²) in [4.78, 5) is 24.5. The molecular formula is C15H20N2O4. The Morgan fingerprint density at radius 2 is 2.24 bits per heavy atom. The summed E-state index contributed by atoms with van der Waals surface area (Å²) in [7, 11) is 0. The van der Waals surface area contributed by atoms with E-state index in [0.29, 0.717) is 19.4 Å². The van der Waals surface area contributed by atoms with Crippen molar-refractivity contribution in [2.45, 2.75) is 45.8 Å². The lowest BCUT2D eigenvalue weighted by atomic mass is 10.1. The van der Waals surface area contributed by atoms with Crippen LogP contribution in [0.5, 0.6) is 0 Å². The molecule has 0 bridgehead atoms. The number of non-ortho nitro benzene ring substituents is 1. The first-order chi connectivity index (χ1) is 9.90. The summed E-state index contributed by atoms with van der Waals surface area (Å²) in [5.41, 5.74) is 1.70. The average Bonchev–Trinajstić information content (AvgIpc) is 2.72. The molecule has 1 heterocycles. The molecule has 1 aromatic carbocycles. The number of nitro groups is 1. The van der Waals surface area contributed by atoms with Gasteiger partial charge in [-0.15, -0.1) is 0 Å². The molecule has 1 aliphatic heterocycles. The molecule has 0 aromatic heterocycles. The van der Waals surface area contributed by atoms with Crippen molar-refractivity contribution in [1.82, 2.24) is 0 Å². The predicted molar refractivity (Wildman–Crippen MR) is 79.5 cm³/mol. The molecule has 0 fully saturated rings. The Morgan fingerprint density at radius 1 is 1.52 bits per heavy atom. The predicted octanol–water partition coefficient (Wildman–Crippen LogP) is 2.69. The van der Waals surface area contributed by atoms with Crippen molar-refractivity contribution in [3.8, 4) is 0 Å². The summed E-state index contributed by atoms with van der Waals surface area (Å²) in [5, 5.41) is 10.8. The Labute approximate surface area is 123 Å². The van der Waals surface area contributed by atoms with E-state index in [0.717, 1.165) is 11.3 Å². The molecule has 1 amide bonds. The van der Waals surface area contributed by atoms with E-state index in [1.54, 1.807) is 17.0 Å². The van der Waals surface area contributed by atoms with Crippen LogP contribution < -0.4 is 4.90 Å². The van der Waals surface area contributed by atoms with E-state index < -0.39 is 4.92 Å². The van der Waals surface area contributed by atoms with Crippen molar-refractivity contribution >= 4 is 17.3 Å².